The molecule has 3 heterocycles. The summed E-state index contributed by atoms with van der Waals surface area (Å²) in [5.74, 6) is -4.92. The van der Waals surface area contributed by atoms with Gasteiger partial charge in [-0.1, -0.05) is 0 Å². The third-order valence-corrected chi connectivity index (χ3v) is 4.52. The molecular weight excluding hydrogens is 548 g/mol. The molecule has 3 aromatic rings. The number of pyridine rings is 1. The predicted molar refractivity (Wildman–Crippen MR) is 118 cm³/mol. The molecule has 12 nitrogen and oxygen atoms in total. The fraction of sp³-hybridized carbons (Fsp3) is 0.238. The van der Waals surface area contributed by atoms with Gasteiger partial charge in [0.05, 0.1) is 12.7 Å². The Hall–Kier alpha value is -4.90. The number of fused-ring (bicyclic) bond motifs is 3. The molecule has 0 saturated carbocycles. The van der Waals surface area contributed by atoms with Crippen LogP contribution in [0.25, 0.3) is 10.9 Å². The second-order valence-electron chi connectivity index (χ2n) is 7.12. The van der Waals surface area contributed by atoms with E-state index in [2.05, 4.69) is 20.3 Å². The lowest BCUT2D eigenvalue weighted by atomic mass is 10.2. The lowest BCUT2D eigenvalue weighted by Gasteiger charge is -2.11. The molecule has 0 fully saturated rings. The van der Waals surface area contributed by atoms with Gasteiger partial charge in [0.2, 0.25) is 5.62 Å². The number of carboxylic acids is 2. The number of nitrogens with zero attached hydrogens (tertiary/aromatic N) is 4. The van der Waals surface area contributed by atoms with Crippen LogP contribution < -0.4 is 15.7 Å². The molecule has 210 valence electrons. The van der Waals surface area contributed by atoms with Crippen LogP contribution >= 0.6 is 0 Å². The molecule has 0 unspecified atom stereocenters. The number of ether oxygens (including phenoxy) is 1. The summed E-state index contributed by atoms with van der Waals surface area (Å²) in [6.45, 7) is 1.34. The van der Waals surface area contributed by atoms with E-state index in [0.29, 0.717) is 24.2 Å². The van der Waals surface area contributed by atoms with Crippen LogP contribution in [0.4, 0.5) is 32.2 Å². The largest absolute Gasteiger partial charge is 0.504 e. The summed E-state index contributed by atoms with van der Waals surface area (Å²) < 4.78 is 70.6. The second kappa shape index (κ2) is 12.1. The minimum absolute atomic E-state index is 0.0185. The smallest absolute Gasteiger partial charge is 0.490 e. The minimum Gasteiger partial charge on any atom is -0.504 e. The zero-order valence-corrected chi connectivity index (χ0v) is 19.4. The summed E-state index contributed by atoms with van der Waals surface area (Å²) in [5.41, 5.74) is 1.08. The zero-order valence-electron chi connectivity index (χ0n) is 19.4. The number of carbonyl (C=O) groups excluding carboxylic acids is 1. The third-order valence-electron chi connectivity index (χ3n) is 4.52. The molecule has 39 heavy (non-hydrogen) atoms. The molecule has 1 aromatic carbocycles. The normalized spacial score (nSPS) is 12.7. The van der Waals surface area contributed by atoms with Crippen molar-refractivity contribution in [1.82, 2.24) is 14.5 Å². The number of alkyl halides is 6. The van der Waals surface area contributed by atoms with Crippen LogP contribution in [0.1, 0.15) is 10.4 Å². The van der Waals surface area contributed by atoms with Crippen LogP contribution in [0.3, 0.4) is 0 Å². The predicted octanol–water partition coefficient (Wildman–Crippen LogP) is 2.58. The van der Waals surface area contributed by atoms with E-state index < -0.39 is 30.2 Å². The van der Waals surface area contributed by atoms with Gasteiger partial charge in [-0.05, 0) is 24.3 Å². The topological polar surface area (TPSA) is 176 Å². The molecule has 0 bridgehead atoms. The quantitative estimate of drug-likeness (QED) is 0.338. The average molecular weight is 565 g/mol. The monoisotopic (exact) mass is 565 g/mol. The van der Waals surface area contributed by atoms with Crippen molar-refractivity contribution in [3.05, 3.63) is 47.8 Å². The second-order valence-corrected chi connectivity index (χ2v) is 7.12. The van der Waals surface area contributed by atoms with Crippen molar-refractivity contribution in [1.29, 1.82) is 0 Å². The first-order valence-corrected chi connectivity index (χ1v) is 10.2. The number of rotatable bonds is 2. The number of aliphatic carboxylic acids is 2. The van der Waals surface area contributed by atoms with Crippen LogP contribution in [0, 0.1) is 0 Å². The van der Waals surface area contributed by atoms with E-state index in [-0.39, 0.29) is 17.1 Å². The molecule has 18 heteroatoms. The van der Waals surface area contributed by atoms with E-state index in [1.807, 2.05) is 4.57 Å². The number of phenols is 1. The van der Waals surface area contributed by atoms with Crippen LogP contribution in [0.5, 0.6) is 11.5 Å². The molecule has 1 aliphatic heterocycles. The highest BCUT2D eigenvalue weighted by Gasteiger charge is 2.38. The van der Waals surface area contributed by atoms with Gasteiger partial charge in [-0.2, -0.15) is 31.3 Å². The number of aromatic hydroxyl groups is 1. The Morgan fingerprint density at radius 1 is 1.05 bits per heavy atom. The number of carboxylic acid groups (broad SMARTS) is 2. The van der Waals surface area contributed by atoms with Crippen molar-refractivity contribution >= 4 is 34.6 Å². The van der Waals surface area contributed by atoms with Gasteiger partial charge in [0.1, 0.15) is 11.3 Å². The summed E-state index contributed by atoms with van der Waals surface area (Å²) in [7, 11) is 1.46. The highest BCUT2D eigenvalue weighted by atomic mass is 19.4. The number of phenolic OH excluding ortho intramolecular Hbond substituents is 1. The van der Waals surface area contributed by atoms with Gasteiger partial charge in [0.25, 0.3) is 5.91 Å². The molecule has 4 N–H and O–H groups in total. The number of hydrogen-bond donors (Lipinski definition) is 4. The summed E-state index contributed by atoms with van der Waals surface area (Å²) >= 11 is 0. The van der Waals surface area contributed by atoms with Crippen molar-refractivity contribution in [3.8, 4) is 11.5 Å². The van der Waals surface area contributed by atoms with Crippen molar-refractivity contribution in [2.45, 2.75) is 18.9 Å². The number of halogens is 6. The summed E-state index contributed by atoms with van der Waals surface area (Å²) in [6, 6.07) is 6.64. The summed E-state index contributed by atoms with van der Waals surface area (Å²) in [5, 5.41) is 28.3. The number of aromatic nitrogens is 3. The number of carbonyl (C=O) groups is 3. The van der Waals surface area contributed by atoms with E-state index in [1.165, 1.54) is 13.3 Å². The Labute approximate surface area is 212 Å². The van der Waals surface area contributed by atoms with Gasteiger partial charge in [-0.15, -0.1) is 0 Å². The highest BCUT2D eigenvalue weighted by Crippen LogP contribution is 2.36. The Bertz CT molecular complexity index is 1420. The number of amides is 1. The van der Waals surface area contributed by atoms with Crippen LogP contribution in [-0.4, -0.2) is 73.7 Å². The Morgan fingerprint density at radius 3 is 2.13 bits per heavy atom. The van der Waals surface area contributed by atoms with E-state index in [4.69, 9.17) is 24.5 Å². The first-order chi connectivity index (χ1) is 18.1. The van der Waals surface area contributed by atoms with Crippen molar-refractivity contribution in [2.24, 2.45) is 4.99 Å². The van der Waals surface area contributed by atoms with Gasteiger partial charge in [-0.25, -0.2) is 14.6 Å². The maximum Gasteiger partial charge on any atom is 0.490 e. The van der Waals surface area contributed by atoms with Crippen molar-refractivity contribution in [2.75, 3.05) is 19.0 Å². The lowest BCUT2D eigenvalue weighted by molar-refractivity contribution is -0.193. The van der Waals surface area contributed by atoms with Gasteiger partial charge >= 0.3 is 24.3 Å². The molecule has 0 radical (unpaired) electrons. The standard InChI is InChI=1S/C17H15N5O3.2C2HF3O2/c1-25-14-12(23)5-4-11-13(14)20-17(22-8-7-19-15(11)22)21-16(24)10-3-2-6-18-9-10;2*3-2(4,5)1(6)7/h2-6,9,19,23H,7-8H2,1H3;2*(H,6,7). The average Bonchev–Trinajstić information content (AvgIpc) is 3.35. The van der Waals surface area contributed by atoms with Crippen LogP contribution in [0.2, 0.25) is 0 Å². The Balaban J connectivity index is 0.000000317. The molecule has 1 amide bonds. The molecule has 0 spiro atoms. The van der Waals surface area contributed by atoms with E-state index in [9.17, 15) is 36.2 Å². The van der Waals surface area contributed by atoms with Crippen molar-refractivity contribution in [3.63, 3.8) is 0 Å². The minimum atomic E-state index is -5.08. The molecule has 0 saturated heterocycles. The van der Waals surface area contributed by atoms with E-state index in [0.717, 1.165) is 11.2 Å². The number of hydrogen-bond acceptors (Lipinski definition) is 8. The Morgan fingerprint density at radius 2 is 1.64 bits per heavy atom. The number of methoxy groups -OCH3 is 1. The Kier molecular flexibility index (Phi) is 9.41. The first kappa shape index (κ1) is 30.3. The highest BCUT2D eigenvalue weighted by molar-refractivity contribution is 5.96. The molecule has 0 atom stereocenters. The number of anilines is 1. The van der Waals surface area contributed by atoms with E-state index in [1.54, 1.807) is 30.5 Å². The number of nitrogens with one attached hydrogen (secondary N) is 1. The van der Waals surface area contributed by atoms with Gasteiger partial charge in [0.15, 0.2) is 11.5 Å². The SMILES string of the molecule is COc1c(O)ccc2c3n(c(=NC(=O)c4cccnc4)nc12)CCN3.O=C(O)C(F)(F)F.O=C(O)C(F)(F)F. The zero-order chi connectivity index (χ0) is 29.5. The van der Waals surface area contributed by atoms with Gasteiger partial charge in [0, 0.05) is 30.9 Å². The molecular formula is C21H17F6N5O7. The maximum atomic E-state index is 12.4. The molecule has 4 rings (SSSR count). The fourth-order valence-corrected chi connectivity index (χ4v) is 2.89. The maximum absolute atomic E-state index is 12.4. The first-order valence-electron chi connectivity index (χ1n) is 10.2. The van der Waals surface area contributed by atoms with Crippen LogP contribution in [-0.2, 0) is 16.1 Å². The third kappa shape index (κ3) is 7.79. The lowest BCUT2D eigenvalue weighted by Crippen LogP contribution is -2.25. The molecule has 1 aliphatic rings. The van der Waals surface area contributed by atoms with Gasteiger partial charge in [-0.3, -0.25) is 14.3 Å². The van der Waals surface area contributed by atoms with E-state index >= 15 is 0 Å². The summed E-state index contributed by atoms with van der Waals surface area (Å²) in [6.07, 6.45) is -7.11. The summed E-state index contributed by atoms with van der Waals surface area (Å²) in [4.78, 5) is 42.8. The number of benzene rings is 1. The molecule has 2 aromatic heterocycles. The van der Waals surface area contributed by atoms with Gasteiger partial charge < -0.3 is 25.4 Å². The fourth-order valence-electron chi connectivity index (χ4n) is 2.89. The molecule has 0 aliphatic carbocycles. The van der Waals surface area contributed by atoms with Crippen LogP contribution in [0.15, 0.2) is 41.7 Å². The van der Waals surface area contributed by atoms with Crippen molar-refractivity contribution < 1.29 is 60.8 Å².